The zero-order valence-corrected chi connectivity index (χ0v) is 11.4. The Morgan fingerprint density at radius 1 is 1.05 bits per heavy atom. The number of carbonyl (C=O) groups is 1. The lowest BCUT2D eigenvalue weighted by atomic mass is 9.71. The molecule has 2 aliphatic rings. The number of methoxy groups -OCH3 is 1. The molecule has 0 radical (unpaired) electrons. The SMILES string of the molecule is COc1ccc([C@H]2CCC3=CC(=O)CC[C@@H]3C2)cc1. The average molecular weight is 256 g/mol. The van der Waals surface area contributed by atoms with Crippen molar-refractivity contribution in [2.75, 3.05) is 7.11 Å². The average Bonchev–Trinajstić information content (AvgIpc) is 2.47. The van der Waals surface area contributed by atoms with Crippen molar-refractivity contribution in [2.24, 2.45) is 5.92 Å². The van der Waals surface area contributed by atoms with E-state index in [-0.39, 0.29) is 0 Å². The minimum absolute atomic E-state index is 0.328. The van der Waals surface area contributed by atoms with Crippen LogP contribution in [0.2, 0.25) is 0 Å². The van der Waals surface area contributed by atoms with Crippen LogP contribution in [0.1, 0.15) is 43.6 Å². The molecular formula is C17H20O2. The summed E-state index contributed by atoms with van der Waals surface area (Å²) in [6, 6.07) is 8.47. The third-order valence-corrected chi connectivity index (χ3v) is 4.55. The zero-order valence-electron chi connectivity index (χ0n) is 11.4. The number of rotatable bonds is 2. The van der Waals surface area contributed by atoms with Gasteiger partial charge in [-0.15, -0.1) is 0 Å². The van der Waals surface area contributed by atoms with Gasteiger partial charge in [0.05, 0.1) is 7.11 Å². The Hall–Kier alpha value is -1.57. The van der Waals surface area contributed by atoms with Crippen molar-refractivity contribution < 1.29 is 9.53 Å². The second-order valence-electron chi connectivity index (χ2n) is 5.67. The van der Waals surface area contributed by atoms with Gasteiger partial charge in [0.1, 0.15) is 5.75 Å². The van der Waals surface area contributed by atoms with Crippen LogP contribution in [-0.4, -0.2) is 12.9 Å². The molecule has 2 nitrogen and oxygen atoms in total. The van der Waals surface area contributed by atoms with Crippen molar-refractivity contribution in [3.8, 4) is 5.75 Å². The normalized spacial score (nSPS) is 26.6. The molecule has 2 aliphatic carbocycles. The Morgan fingerprint density at radius 3 is 2.53 bits per heavy atom. The number of allylic oxidation sites excluding steroid dienone is 2. The largest absolute Gasteiger partial charge is 0.497 e. The minimum Gasteiger partial charge on any atom is -0.497 e. The lowest BCUT2D eigenvalue weighted by molar-refractivity contribution is -0.115. The maximum absolute atomic E-state index is 11.4. The summed E-state index contributed by atoms with van der Waals surface area (Å²) in [7, 11) is 1.70. The van der Waals surface area contributed by atoms with Crippen molar-refractivity contribution in [2.45, 2.75) is 38.0 Å². The lowest BCUT2D eigenvalue weighted by Crippen LogP contribution is -2.21. The maximum atomic E-state index is 11.4. The number of carbonyl (C=O) groups excluding carboxylic acids is 1. The summed E-state index contributed by atoms with van der Waals surface area (Å²) in [5.74, 6) is 2.53. The highest BCUT2D eigenvalue weighted by molar-refractivity contribution is 5.91. The van der Waals surface area contributed by atoms with Gasteiger partial charge in [0, 0.05) is 6.42 Å². The topological polar surface area (TPSA) is 26.3 Å². The van der Waals surface area contributed by atoms with Crippen LogP contribution in [0.5, 0.6) is 5.75 Å². The van der Waals surface area contributed by atoms with Gasteiger partial charge in [0.2, 0.25) is 0 Å². The predicted molar refractivity (Wildman–Crippen MR) is 75.4 cm³/mol. The van der Waals surface area contributed by atoms with Gasteiger partial charge in [-0.05, 0) is 61.3 Å². The summed E-state index contributed by atoms with van der Waals surface area (Å²) in [5, 5.41) is 0. The van der Waals surface area contributed by atoms with Crippen LogP contribution < -0.4 is 4.74 Å². The van der Waals surface area contributed by atoms with Gasteiger partial charge in [-0.25, -0.2) is 0 Å². The first-order chi connectivity index (χ1) is 9.26. The first-order valence-corrected chi connectivity index (χ1v) is 7.13. The van der Waals surface area contributed by atoms with Gasteiger partial charge >= 0.3 is 0 Å². The molecule has 2 atom stereocenters. The highest BCUT2D eigenvalue weighted by Crippen LogP contribution is 2.43. The maximum Gasteiger partial charge on any atom is 0.155 e. The van der Waals surface area contributed by atoms with Crippen molar-refractivity contribution in [1.29, 1.82) is 0 Å². The number of hydrogen-bond acceptors (Lipinski definition) is 2. The summed E-state index contributed by atoms with van der Waals surface area (Å²) in [5.41, 5.74) is 2.82. The lowest BCUT2D eigenvalue weighted by Gasteiger charge is -2.34. The van der Waals surface area contributed by atoms with E-state index < -0.39 is 0 Å². The third kappa shape index (κ3) is 2.58. The summed E-state index contributed by atoms with van der Waals surface area (Å²) < 4.78 is 5.21. The fourth-order valence-corrected chi connectivity index (χ4v) is 3.43. The monoisotopic (exact) mass is 256 g/mol. The van der Waals surface area contributed by atoms with E-state index >= 15 is 0 Å². The molecule has 0 amide bonds. The summed E-state index contributed by atoms with van der Waals surface area (Å²) >= 11 is 0. The van der Waals surface area contributed by atoms with E-state index in [1.165, 1.54) is 24.0 Å². The van der Waals surface area contributed by atoms with Crippen molar-refractivity contribution in [3.63, 3.8) is 0 Å². The number of ketones is 1. The van der Waals surface area contributed by atoms with Crippen LogP contribution in [-0.2, 0) is 4.79 Å². The number of hydrogen-bond donors (Lipinski definition) is 0. The molecule has 1 aromatic carbocycles. The van der Waals surface area contributed by atoms with Crippen LogP contribution in [0, 0.1) is 5.92 Å². The number of ether oxygens (including phenoxy) is 1. The van der Waals surface area contributed by atoms with Crippen LogP contribution in [0.25, 0.3) is 0 Å². The molecule has 1 aromatic rings. The van der Waals surface area contributed by atoms with Gasteiger partial charge in [-0.2, -0.15) is 0 Å². The molecule has 19 heavy (non-hydrogen) atoms. The van der Waals surface area contributed by atoms with E-state index in [1.807, 2.05) is 18.2 Å². The highest BCUT2D eigenvalue weighted by atomic mass is 16.5. The van der Waals surface area contributed by atoms with E-state index in [2.05, 4.69) is 12.1 Å². The molecule has 0 N–H and O–H groups in total. The second kappa shape index (κ2) is 5.20. The Bertz CT molecular complexity index is 498. The zero-order chi connectivity index (χ0) is 13.2. The van der Waals surface area contributed by atoms with Gasteiger partial charge in [0.15, 0.2) is 5.78 Å². The molecule has 100 valence electrons. The number of benzene rings is 1. The van der Waals surface area contributed by atoms with Crippen molar-refractivity contribution in [3.05, 3.63) is 41.5 Å². The van der Waals surface area contributed by atoms with Crippen LogP contribution in [0.3, 0.4) is 0 Å². The first kappa shape index (κ1) is 12.5. The Balaban J connectivity index is 1.74. The van der Waals surface area contributed by atoms with Gasteiger partial charge < -0.3 is 4.74 Å². The first-order valence-electron chi connectivity index (χ1n) is 7.13. The molecule has 0 unspecified atom stereocenters. The molecule has 1 fully saturated rings. The van der Waals surface area contributed by atoms with Gasteiger partial charge in [-0.3, -0.25) is 4.79 Å². The predicted octanol–water partition coefficient (Wildman–Crippen LogP) is 3.87. The Kier molecular flexibility index (Phi) is 3.41. The van der Waals surface area contributed by atoms with Crippen LogP contribution >= 0.6 is 0 Å². The molecule has 0 aliphatic heterocycles. The molecule has 3 rings (SSSR count). The summed E-state index contributed by atoms with van der Waals surface area (Å²) in [6.45, 7) is 0. The fourth-order valence-electron chi connectivity index (χ4n) is 3.43. The number of fused-ring (bicyclic) bond motifs is 1. The molecule has 0 aromatic heterocycles. The summed E-state index contributed by atoms with van der Waals surface area (Å²) in [6.07, 6.45) is 7.17. The molecule has 0 saturated heterocycles. The molecule has 2 heteroatoms. The highest BCUT2D eigenvalue weighted by Gasteiger charge is 2.29. The fraction of sp³-hybridized carbons (Fsp3) is 0.471. The van der Waals surface area contributed by atoms with E-state index in [1.54, 1.807) is 7.11 Å². The quantitative estimate of drug-likeness (QED) is 0.803. The van der Waals surface area contributed by atoms with Gasteiger partial charge in [0.25, 0.3) is 0 Å². The van der Waals surface area contributed by atoms with Crippen molar-refractivity contribution in [1.82, 2.24) is 0 Å². The second-order valence-corrected chi connectivity index (χ2v) is 5.67. The minimum atomic E-state index is 0.328. The van der Waals surface area contributed by atoms with Crippen LogP contribution in [0.4, 0.5) is 0 Å². The van der Waals surface area contributed by atoms with E-state index in [9.17, 15) is 4.79 Å². The smallest absolute Gasteiger partial charge is 0.155 e. The van der Waals surface area contributed by atoms with Gasteiger partial charge in [-0.1, -0.05) is 17.7 Å². The summed E-state index contributed by atoms with van der Waals surface area (Å²) in [4.78, 5) is 11.4. The van der Waals surface area contributed by atoms with E-state index in [0.717, 1.165) is 25.0 Å². The molecule has 0 heterocycles. The molecule has 0 bridgehead atoms. The third-order valence-electron chi connectivity index (χ3n) is 4.55. The molecule has 1 saturated carbocycles. The Morgan fingerprint density at radius 2 is 1.79 bits per heavy atom. The standard InChI is InChI=1S/C17H20O2/c1-19-17-8-5-12(6-9-17)13-2-3-15-11-16(18)7-4-14(15)10-13/h5-6,8-9,11,13-14H,2-4,7,10H2,1H3/t13-,14+/m0/s1. The Labute approximate surface area is 114 Å². The van der Waals surface area contributed by atoms with E-state index in [4.69, 9.17) is 4.74 Å². The van der Waals surface area contributed by atoms with Crippen LogP contribution in [0.15, 0.2) is 35.9 Å². The molecule has 0 spiro atoms. The molecular weight excluding hydrogens is 236 g/mol. The van der Waals surface area contributed by atoms with E-state index in [0.29, 0.717) is 17.6 Å². The van der Waals surface area contributed by atoms with Crippen molar-refractivity contribution >= 4 is 5.78 Å².